The highest BCUT2D eigenvalue weighted by Gasteiger charge is 2.19. The zero-order valence-electron chi connectivity index (χ0n) is 19.0. The molecule has 0 unspecified atom stereocenters. The Morgan fingerprint density at radius 3 is 2.44 bits per heavy atom. The Hall–Kier alpha value is -2.20. The number of fused-ring (bicyclic) bond motifs is 1. The summed E-state index contributed by atoms with van der Waals surface area (Å²) in [5.41, 5.74) is 4.63. The van der Waals surface area contributed by atoms with Gasteiger partial charge in [0, 0.05) is 26.1 Å². The van der Waals surface area contributed by atoms with Gasteiger partial charge in [0.05, 0.1) is 6.26 Å². The highest BCUT2D eigenvalue weighted by Crippen LogP contribution is 2.40. The lowest BCUT2D eigenvalue weighted by atomic mass is 9.81. The summed E-state index contributed by atoms with van der Waals surface area (Å²) in [6.45, 7) is 3.88. The van der Waals surface area contributed by atoms with Gasteiger partial charge in [-0.1, -0.05) is 37.8 Å². The molecule has 3 aromatic rings. The lowest BCUT2D eigenvalue weighted by Crippen LogP contribution is -2.10. The molecule has 0 radical (unpaired) electrons. The van der Waals surface area contributed by atoms with E-state index < -0.39 is 0 Å². The van der Waals surface area contributed by atoms with Crippen LogP contribution in [0.1, 0.15) is 67.4 Å². The number of allylic oxidation sites excluding steroid dienone is 1. The van der Waals surface area contributed by atoms with Crippen LogP contribution in [0.2, 0.25) is 0 Å². The third-order valence-electron chi connectivity index (χ3n) is 7.06. The maximum absolute atomic E-state index is 15.2. The average molecular weight is 455 g/mol. The largest absolute Gasteiger partial charge is 0.516 e. The summed E-state index contributed by atoms with van der Waals surface area (Å²) in [6.07, 6.45) is 12.2. The molecule has 4 heteroatoms. The van der Waals surface area contributed by atoms with Crippen LogP contribution in [0, 0.1) is 31.4 Å². The van der Waals surface area contributed by atoms with Gasteiger partial charge in [0.15, 0.2) is 0 Å². The first-order valence-corrected chi connectivity index (χ1v) is 12.6. The van der Waals surface area contributed by atoms with Gasteiger partial charge in [0.25, 0.3) is 0 Å². The second-order valence-electron chi connectivity index (χ2n) is 9.22. The Bertz CT molecular complexity index is 1120. The summed E-state index contributed by atoms with van der Waals surface area (Å²) in [5.74, 6) is 0.529. The lowest BCUT2D eigenvalue weighted by Gasteiger charge is -2.25. The minimum atomic E-state index is -0.247. The first-order chi connectivity index (χ1) is 15.5. The summed E-state index contributed by atoms with van der Waals surface area (Å²) in [5, 5.41) is 9.16. The Morgan fingerprint density at radius 2 is 1.84 bits per heavy atom. The van der Waals surface area contributed by atoms with Crippen molar-refractivity contribution in [2.24, 2.45) is 5.92 Å². The van der Waals surface area contributed by atoms with Crippen LogP contribution in [0.3, 0.4) is 0 Å². The van der Waals surface area contributed by atoms with Gasteiger partial charge in [0.2, 0.25) is 0 Å². The van der Waals surface area contributed by atoms with Gasteiger partial charge in [-0.25, -0.2) is 8.78 Å². The molecule has 2 aliphatic carbocycles. The summed E-state index contributed by atoms with van der Waals surface area (Å²) in [6, 6.07) is 8.76. The van der Waals surface area contributed by atoms with Crippen molar-refractivity contribution in [3.8, 4) is 11.1 Å². The van der Waals surface area contributed by atoms with E-state index in [-0.39, 0.29) is 11.6 Å². The van der Waals surface area contributed by atoms with Gasteiger partial charge in [-0.05, 0) is 86.8 Å². The molecular weight excluding hydrogens is 422 g/mol. The fourth-order valence-corrected chi connectivity index (χ4v) is 5.69. The maximum atomic E-state index is 15.2. The van der Waals surface area contributed by atoms with Gasteiger partial charge in [-0.3, -0.25) is 0 Å². The molecule has 0 atom stereocenters. The molecule has 2 aromatic carbocycles. The van der Waals surface area contributed by atoms with E-state index in [0.717, 1.165) is 63.3 Å². The number of hydrogen-bond donors (Lipinski definition) is 1. The second kappa shape index (κ2) is 10.2. The van der Waals surface area contributed by atoms with Crippen LogP contribution in [0.25, 0.3) is 21.2 Å². The van der Waals surface area contributed by atoms with E-state index in [1.165, 1.54) is 67.4 Å². The van der Waals surface area contributed by atoms with E-state index in [0.29, 0.717) is 5.56 Å². The van der Waals surface area contributed by atoms with E-state index >= 15 is 4.39 Å². The van der Waals surface area contributed by atoms with Crippen molar-refractivity contribution < 1.29 is 13.9 Å². The number of halogens is 2. The molecule has 0 spiro atoms. The molecule has 1 N–H and O–H groups in total. The zero-order valence-corrected chi connectivity index (χ0v) is 19.8. The summed E-state index contributed by atoms with van der Waals surface area (Å²) >= 11 is 1.53. The topological polar surface area (TPSA) is 20.2 Å². The molecule has 2 fully saturated rings. The van der Waals surface area contributed by atoms with Crippen LogP contribution in [0.4, 0.5) is 8.78 Å². The molecule has 1 heterocycles. The number of aryl methyl sites for hydroxylation is 2. The highest BCUT2D eigenvalue weighted by molar-refractivity contribution is 7.19. The lowest BCUT2D eigenvalue weighted by molar-refractivity contribution is 0.290. The number of rotatable bonds is 5. The van der Waals surface area contributed by atoms with Gasteiger partial charge < -0.3 is 5.11 Å². The first kappa shape index (κ1) is 23.0. The minimum absolute atomic E-state index is 0.127. The summed E-state index contributed by atoms with van der Waals surface area (Å²) in [4.78, 5) is 1.03. The van der Waals surface area contributed by atoms with E-state index in [2.05, 4.69) is 6.07 Å². The van der Waals surface area contributed by atoms with Crippen molar-refractivity contribution in [2.45, 2.75) is 71.6 Å². The van der Waals surface area contributed by atoms with Crippen LogP contribution in [0.15, 0.2) is 42.2 Å². The normalized spacial score (nSPS) is 15.7. The van der Waals surface area contributed by atoms with Gasteiger partial charge >= 0.3 is 0 Å². The van der Waals surface area contributed by atoms with Gasteiger partial charge in [-0.15, -0.1) is 11.3 Å². The first-order valence-electron chi connectivity index (χ1n) is 11.8. The fraction of sp³-hybridized carbons (Fsp3) is 0.429. The predicted molar refractivity (Wildman–Crippen MR) is 131 cm³/mol. The van der Waals surface area contributed by atoms with E-state index in [9.17, 15) is 4.39 Å². The van der Waals surface area contributed by atoms with Crippen molar-refractivity contribution in [1.29, 1.82) is 0 Å². The molecule has 1 nitrogen and oxygen atoms in total. The van der Waals surface area contributed by atoms with E-state index in [1.54, 1.807) is 6.07 Å². The predicted octanol–water partition coefficient (Wildman–Crippen LogP) is 9.20. The molecular formula is C28H32F2OS. The molecule has 2 aliphatic rings. The molecule has 0 bridgehead atoms. The fourth-order valence-electron chi connectivity index (χ4n) is 4.59. The summed E-state index contributed by atoms with van der Waals surface area (Å²) in [7, 11) is 0. The third kappa shape index (κ3) is 4.91. The van der Waals surface area contributed by atoms with Gasteiger partial charge in [0.1, 0.15) is 11.6 Å². The number of aliphatic hydroxyl groups is 1. The molecule has 1 aromatic heterocycles. The second-order valence-corrected chi connectivity index (χ2v) is 10.5. The minimum Gasteiger partial charge on any atom is -0.516 e. The van der Waals surface area contributed by atoms with E-state index in [1.807, 2.05) is 19.9 Å². The Morgan fingerprint density at radius 1 is 1.06 bits per heavy atom. The third-order valence-corrected chi connectivity index (χ3v) is 8.13. The zero-order chi connectivity index (χ0) is 22.7. The van der Waals surface area contributed by atoms with Crippen molar-refractivity contribution >= 4 is 21.4 Å². The molecule has 0 saturated heterocycles. The molecule has 170 valence electrons. The number of aliphatic hydroxyl groups excluding tert-OH is 1. The van der Waals surface area contributed by atoms with Crippen LogP contribution < -0.4 is 0 Å². The molecule has 32 heavy (non-hydrogen) atoms. The molecule has 2 saturated carbocycles. The molecule has 0 aliphatic heterocycles. The Balaban J connectivity index is 0.000000354. The van der Waals surface area contributed by atoms with Crippen molar-refractivity contribution in [2.75, 3.05) is 0 Å². The van der Waals surface area contributed by atoms with Crippen LogP contribution in [-0.2, 0) is 6.42 Å². The van der Waals surface area contributed by atoms with Crippen LogP contribution in [-0.4, -0.2) is 5.11 Å². The number of benzene rings is 2. The van der Waals surface area contributed by atoms with Crippen molar-refractivity contribution in [3.63, 3.8) is 0 Å². The number of thiophene rings is 1. The molecule has 5 rings (SSSR count). The quantitative estimate of drug-likeness (QED) is 0.381. The Kier molecular flexibility index (Phi) is 7.30. The van der Waals surface area contributed by atoms with Gasteiger partial charge in [-0.2, -0.15) is 0 Å². The molecule has 0 amide bonds. The average Bonchev–Trinajstić information content (AvgIpc) is 3.01. The van der Waals surface area contributed by atoms with Crippen LogP contribution >= 0.6 is 11.3 Å². The van der Waals surface area contributed by atoms with E-state index in [4.69, 9.17) is 5.11 Å². The summed E-state index contributed by atoms with van der Waals surface area (Å²) < 4.78 is 29.6. The van der Waals surface area contributed by atoms with Crippen LogP contribution in [0.5, 0.6) is 0 Å². The smallest absolute Gasteiger partial charge is 0.134 e. The van der Waals surface area contributed by atoms with Crippen molar-refractivity contribution in [3.05, 3.63) is 69.8 Å². The Labute approximate surface area is 193 Å². The SMILES string of the molecule is Cc1sc2cc(F)ccc2c1-c1ccc(CCCC2CCC2)c(C)c1F.OC=C1CCC1. The van der Waals surface area contributed by atoms with Crippen molar-refractivity contribution in [1.82, 2.24) is 0 Å². The highest BCUT2D eigenvalue weighted by atomic mass is 32.1. The maximum Gasteiger partial charge on any atom is 0.134 e. The standard InChI is InChI=1S/C23H24F2S.C5H8O/c1-14-17(8-4-7-16-5-3-6-16)9-11-20(23(14)25)22-15(2)26-21-13-18(24)10-12-19(21)22;6-4-5-2-1-3-5/h9-13,16H,3-8H2,1-2H3;4,6H,1-3H2. The monoisotopic (exact) mass is 454 g/mol. The number of hydrogen-bond acceptors (Lipinski definition) is 2.